The first kappa shape index (κ1) is 12.6. The van der Waals surface area contributed by atoms with Crippen LogP contribution in [0.3, 0.4) is 0 Å². The first-order chi connectivity index (χ1) is 9.60. The number of benzene rings is 1. The van der Waals surface area contributed by atoms with Gasteiger partial charge in [0, 0.05) is 12.1 Å². The molecule has 0 aliphatic rings. The quantitative estimate of drug-likeness (QED) is 0.738. The zero-order valence-electron chi connectivity index (χ0n) is 10.3. The number of hydrogen-bond donors (Lipinski definition) is 1. The third kappa shape index (κ3) is 1.92. The molecule has 5 nitrogen and oxygen atoms in total. The number of nitrogens with zero attached hydrogens (tertiary/aromatic N) is 2. The Morgan fingerprint density at radius 3 is 3.00 bits per heavy atom. The molecule has 0 amide bonds. The van der Waals surface area contributed by atoms with Crippen molar-refractivity contribution >= 4 is 28.3 Å². The number of carbonyl (C=O) groups is 1. The summed E-state index contributed by atoms with van der Waals surface area (Å²) in [7, 11) is 1.24. The summed E-state index contributed by atoms with van der Waals surface area (Å²) in [5, 5.41) is 10.3. The van der Waals surface area contributed by atoms with E-state index in [1.807, 2.05) is 0 Å². The second kappa shape index (κ2) is 4.61. The van der Waals surface area contributed by atoms with Gasteiger partial charge in [0.15, 0.2) is 4.88 Å². The van der Waals surface area contributed by atoms with Crippen LogP contribution in [0.2, 0.25) is 0 Å². The standard InChI is InChI=1S/C13H9FN2O3S/c1-19-13(18)12-10(17)5-11(20-12)16-6-15-8-3-2-7(14)4-9(8)16/h2-6,17H,1H3. The smallest absolute Gasteiger partial charge is 0.351 e. The van der Waals surface area contributed by atoms with Gasteiger partial charge in [0.1, 0.15) is 22.9 Å². The molecule has 0 unspecified atom stereocenters. The maximum atomic E-state index is 13.3. The lowest BCUT2D eigenvalue weighted by Crippen LogP contribution is -1.97. The molecule has 0 aliphatic carbocycles. The molecule has 2 heterocycles. The Labute approximate surface area is 116 Å². The van der Waals surface area contributed by atoms with Gasteiger partial charge in [-0.3, -0.25) is 4.57 Å². The van der Waals surface area contributed by atoms with Gasteiger partial charge < -0.3 is 9.84 Å². The minimum absolute atomic E-state index is 0.0979. The van der Waals surface area contributed by atoms with Gasteiger partial charge >= 0.3 is 5.97 Å². The summed E-state index contributed by atoms with van der Waals surface area (Å²) < 4.78 is 19.5. The molecule has 7 heteroatoms. The molecule has 1 N–H and O–H groups in total. The van der Waals surface area contributed by atoms with E-state index in [9.17, 15) is 14.3 Å². The van der Waals surface area contributed by atoms with Crippen LogP contribution >= 0.6 is 11.3 Å². The van der Waals surface area contributed by atoms with Crippen LogP contribution in [0.5, 0.6) is 5.75 Å². The molecule has 0 saturated carbocycles. The number of hydrogen-bond acceptors (Lipinski definition) is 5. The number of methoxy groups -OCH3 is 1. The van der Waals surface area contributed by atoms with E-state index in [0.717, 1.165) is 11.3 Å². The van der Waals surface area contributed by atoms with Crippen LogP contribution in [-0.2, 0) is 4.74 Å². The molecule has 0 bridgehead atoms. The molecule has 0 spiro atoms. The van der Waals surface area contributed by atoms with Gasteiger partial charge in [-0.1, -0.05) is 0 Å². The molecular formula is C13H9FN2O3S. The topological polar surface area (TPSA) is 64.4 Å². The van der Waals surface area contributed by atoms with Gasteiger partial charge in [-0.2, -0.15) is 0 Å². The van der Waals surface area contributed by atoms with Crippen molar-refractivity contribution in [1.82, 2.24) is 9.55 Å². The Balaban J connectivity index is 2.16. The van der Waals surface area contributed by atoms with Crippen molar-refractivity contribution in [3.05, 3.63) is 41.3 Å². The number of imidazole rings is 1. The van der Waals surface area contributed by atoms with Gasteiger partial charge in [0.05, 0.1) is 18.1 Å². The number of ether oxygens (including phenoxy) is 1. The van der Waals surface area contributed by atoms with Crippen LogP contribution in [0.15, 0.2) is 30.6 Å². The number of esters is 1. The summed E-state index contributed by atoms with van der Waals surface area (Å²) in [6, 6.07) is 5.65. The molecule has 3 rings (SSSR count). The SMILES string of the molecule is COC(=O)c1sc(-n2cnc3ccc(F)cc32)cc1O. The highest BCUT2D eigenvalue weighted by Gasteiger charge is 2.18. The monoisotopic (exact) mass is 292 g/mol. The van der Waals surface area contributed by atoms with E-state index in [4.69, 9.17) is 0 Å². The molecule has 102 valence electrons. The summed E-state index contributed by atoms with van der Waals surface area (Å²) in [6.45, 7) is 0. The number of thiophene rings is 1. The fourth-order valence-electron chi connectivity index (χ4n) is 1.88. The minimum Gasteiger partial charge on any atom is -0.506 e. The summed E-state index contributed by atoms with van der Waals surface area (Å²) >= 11 is 1.05. The maximum absolute atomic E-state index is 13.3. The number of carbonyl (C=O) groups excluding carboxylic acids is 1. The van der Waals surface area contributed by atoms with E-state index < -0.39 is 5.97 Å². The number of rotatable bonds is 2. The van der Waals surface area contributed by atoms with Gasteiger partial charge in [0.2, 0.25) is 0 Å². The number of fused-ring (bicyclic) bond motifs is 1. The Morgan fingerprint density at radius 2 is 2.25 bits per heavy atom. The van der Waals surface area contributed by atoms with Crippen LogP contribution in [0.25, 0.3) is 16.0 Å². The van der Waals surface area contributed by atoms with Crippen molar-refractivity contribution in [2.75, 3.05) is 7.11 Å². The Hall–Kier alpha value is -2.41. The molecule has 0 saturated heterocycles. The van der Waals surface area contributed by atoms with Crippen molar-refractivity contribution < 1.29 is 19.0 Å². The van der Waals surface area contributed by atoms with E-state index >= 15 is 0 Å². The summed E-state index contributed by atoms with van der Waals surface area (Å²) in [5.41, 5.74) is 1.18. The Bertz CT molecular complexity index is 809. The zero-order valence-corrected chi connectivity index (χ0v) is 11.1. The lowest BCUT2D eigenvalue weighted by atomic mass is 10.3. The van der Waals surface area contributed by atoms with Crippen molar-refractivity contribution in [3.63, 3.8) is 0 Å². The van der Waals surface area contributed by atoms with Crippen molar-refractivity contribution in [3.8, 4) is 10.8 Å². The van der Waals surface area contributed by atoms with Crippen LogP contribution in [-0.4, -0.2) is 27.7 Å². The number of aromatic nitrogens is 2. The summed E-state index contributed by atoms with van der Waals surface area (Å²) in [4.78, 5) is 15.7. The van der Waals surface area contributed by atoms with E-state index in [1.54, 1.807) is 10.6 Å². The van der Waals surface area contributed by atoms with Crippen LogP contribution in [0.4, 0.5) is 4.39 Å². The van der Waals surface area contributed by atoms with Crippen molar-refractivity contribution in [2.45, 2.75) is 0 Å². The molecule has 0 fully saturated rings. The molecule has 3 aromatic rings. The van der Waals surface area contributed by atoms with Gasteiger partial charge in [-0.15, -0.1) is 11.3 Å². The average Bonchev–Trinajstić information content (AvgIpc) is 3.01. The average molecular weight is 292 g/mol. The molecule has 20 heavy (non-hydrogen) atoms. The van der Waals surface area contributed by atoms with Crippen LogP contribution in [0.1, 0.15) is 9.67 Å². The predicted molar refractivity (Wildman–Crippen MR) is 71.9 cm³/mol. The normalized spacial score (nSPS) is 10.9. The van der Waals surface area contributed by atoms with Gasteiger partial charge in [0.25, 0.3) is 0 Å². The van der Waals surface area contributed by atoms with Crippen LogP contribution in [0, 0.1) is 5.82 Å². The lowest BCUT2D eigenvalue weighted by molar-refractivity contribution is 0.0603. The van der Waals surface area contributed by atoms with E-state index in [-0.39, 0.29) is 16.4 Å². The zero-order chi connectivity index (χ0) is 14.3. The highest BCUT2D eigenvalue weighted by atomic mass is 32.1. The van der Waals surface area contributed by atoms with Crippen LogP contribution < -0.4 is 0 Å². The van der Waals surface area contributed by atoms with E-state index in [1.165, 1.54) is 31.6 Å². The molecule has 1 aromatic carbocycles. The molecule has 0 aliphatic heterocycles. The minimum atomic E-state index is -0.616. The third-order valence-corrected chi connectivity index (χ3v) is 3.92. The molecular weight excluding hydrogens is 283 g/mol. The third-order valence-electron chi connectivity index (χ3n) is 2.82. The predicted octanol–water partition coefficient (Wildman–Crippen LogP) is 2.72. The first-order valence-electron chi connectivity index (χ1n) is 5.64. The maximum Gasteiger partial charge on any atom is 0.351 e. The number of aromatic hydroxyl groups is 1. The molecule has 0 atom stereocenters. The van der Waals surface area contributed by atoms with Gasteiger partial charge in [-0.25, -0.2) is 14.2 Å². The van der Waals surface area contributed by atoms with E-state index in [2.05, 4.69) is 9.72 Å². The first-order valence-corrected chi connectivity index (χ1v) is 6.46. The Morgan fingerprint density at radius 1 is 1.45 bits per heavy atom. The Kier molecular flexibility index (Phi) is 2.90. The molecule has 2 aromatic heterocycles. The summed E-state index contributed by atoms with van der Waals surface area (Å²) in [5.74, 6) is -1.17. The number of halogens is 1. The molecule has 0 radical (unpaired) electrons. The van der Waals surface area contributed by atoms with Crippen molar-refractivity contribution in [1.29, 1.82) is 0 Å². The van der Waals surface area contributed by atoms with Crippen molar-refractivity contribution in [2.24, 2.45) is 0 Å². The highest BCUT2D eigenvalue weighted by Crippen LogP contribution is 2.33. The largest absolute Gasteiger partial charge is 0.506 e. The van der Waals surface area contributed by atoms with E-state index in [0.29, 0.717) is 16.0 Å². The fraction of sp³-hybridized carbons (Fsp3) is 0.0769. The second-order valence-electron chi connectivity index (χ2n) is 4.04. The summed E-state index contributed by atoms with van der Waals surface area (Å²) in [6.07, 6.45) is 1.51. The fourth-order valence-corrected chi connectivity index (χ4v) is 2.84. The second-order valence-corrected chi connectivity index (χ2v) is 5.07. The van der Waals surface area contributed by atoms with Gasteiger partial charge in [-0.05, 0) is 12.1 Å². The lowest BCUT2D eigenvalue weighted by Gasteiger charge is -1.99. The highest BCUT2D eigenvalue weighted by molar-refractivity contribution is 7.16.